The molecule has 0 saturated heterocycles. The highest BCUT2D eigenvalue weighted by molar-refractivity contribution is 5.79. The van der Waals surface area contributed by atoms with Crippen molar-refractivity contribution in [1.29, 1.82) is 5.41 Å². The van der Waals surface area contributed by atoms with Gasteiger partial charge < -0.3 is 20.4 Å². The van der Waals surface area contributed by atoms with Gasteiger partial charge in [-0.15, -0.1) is 0 Å². The molecule has 0 fully saturated rings. The van der Waals surface area contributed by atoms with E-state index in [1.165, 1.54) is 6.21 Å². The molecule has 2 rings (SSSR count). The first-order valence-corrected chi connectivity index (χ1v) is 6.05. The lowest BCUT2D eigenvalue weighted by atomic mass is 10.1. The quantitative estimate of drug-likeness (QED) is 0.800. The van der Waals surface area contributed by atoms with Crippen LogP contribution < -0.4 is 10.1 Å². The summed E-state index contributed by atoms with van der Waals surface area (Å²) >= 11 is 0. The van der Waals surface area contributed by atoms with Gasteiger partial charge in [0.05, 0.1) is 7.11 Å². The Kier molecular flexibility index (Phi) is 3.99. The summed E-state index contributed by atoms with van der Waals surface area (Å²) in [5.74, 6) is 0.852. The number of nitrogens with zero attached hydrogens (tertiary/aromatic N) is 1. The predicted octanol–water partition coefficient (Wildman–Crippen LogP) is 2.35. The Morgan fingerprint density at radius 3 is 2.67 bits per heavy atom. The number of benzene rings is 1. The molecule has 0 unspecified atom stereocenters. The van der Waals surface area contributed by atoms with Gasteiger partial charge in [0.25, 0.3) is 0 Å². The molecule has 0 aliphatic carbocycles. The fourth-order valence-corrected chi connectivity index (χ4v) is 2.05. The lowest BCUT2D eigenvalue weighted by molar-refractivity contribution is 0.355. The van der Waals surface area contributed by atoms with Crippen molar-refractivity contribution < 1.29 is 4.74 Å². The molecule has 4 heteroatoms. The SMILES string of the molecule is COc1ccc(NC2=C(C=N)CN(C)CC2)cc1. The van der Waals surface area contributed by atoms with Crippen LogP contribution in [0, 0.1) is 5.41 Å². The molecule has 96 valence electrons. The zero-order valence-electron chi connectivity index (χ0n) is 10.9. The molecule has 0 saturated carbocycles. The third-order valence-corrected chi connectivity index (χ3v) is 3.13. The Balaban J connectivity index is 2.13. The maximum absolute atomic E-state index is 7.48. The highest BCUT2D eigenvalue weighted by atomic mass is 16.5. The predicted molar refractivity (Wildman–Crippen MR) is 74.5 cm³/mol. The molecular formula is C14H19N3O. The first-order chi connectivity index (χ1) is 8.72. The number of hydrogen-bond donors (Lipinski definition) is 2. The first-order valence-electron chi connectivity index (χ1n) is 6.05. The average molecular weight is 245 g/mol. The van der Waals surface area contributed by atoms with E-state index in [0.29, 0.717) is 0 Å². The Labute approximate surface area is 108 Å². The minimum absolute atomic E-state index is 0.835. The second kappa shape index (κ2) is 5.69. The van der Waals surface area contributed by atoms with Crippen LogP contribution in [-0.4, -0.2) is 38.4 Å². The van der Waals surface area contributed by atoms with Crippen molar-refractivity contribution in [1.82, 2.24) is 4.90 Å². The molecule has 0 aromatic heterocycles. The number of rotatable bonds is 4. The van der Waals surface area contributed by atoms with E-state index in [1.54, 1.807) is 7.11 Å². The minimum Gasteiger partial charge on any atom is -0.497 e. The van der Waals surface area contributed by atoms with Gasteiger partial charge in [-0.2, -0.15) is 0 Å². The molecule has 0 amide bonds. The molecule has 1 aliphatic rings. The average Bonchev–Trinajstić information content (AvgIpc) is 2.41. The van der Waals surface area contributed by atoms with Crippen LogP contribution >= 0.6 is 0 Å². The zero-order valence-corrected chi connectivity index (χ0v) is 10.9. The van der Waals surface area contributed by atoms with Crippen LogP contribution in [0.1, 0.15) is 6.42 Å². The fraction of sp³-hybridized carbons (Fsp3) is 0.357. The molecule has 0 spiro atoms. The maximum atomic E-state index is 7.48. The van der Waals surface area contributed by atoms with Gasteiger partial charge >= 0.3 is 0 Å². The van der Waals surface area contributed by atoms with Gasteiger partial charge in [-0.1, -0.05) is 0 Å². The summed E-state index contributed by atoms with van der Waals surface area (Å²) in [6, 6.07) is 7.85. The van der Waals surface area contributed by atoms with E-state index in [0.717, 1.165) is 42.2 Å². The third kappa shape index (κ3) is 2.90. The third-order valence-electron chi connectivity index (χ3n) is 3.13. The van der Waals surface area contributed by atoms with Crippen molar-refractivity contribution in [2.24, 2.45) is 0 Å². The van der Waals surface area contributed by atoms with Crippen molar-refractivity contribution in [3.05, 3.63) is 35.5 Å². The van der Waals surface area contributed by atoms with E-state index in [1.807, 2.05) is 24.3 Å². The Morgan fingerprint density at radius 1 is 1.33 bits per heavy atom. The van der Waals surface area contributed by atoms with Gasteiger partial charge in [-0.05, 0) is 31.3 Å². The largest absolute Gasteiger partial charge is 0.497 e. The molecule has 1 aromatic rings. The number of methoxy groups -OCH3 is 1. The second-order valence-electron chi connectivity index (χ2n) is 4.49. The van der Waals surface area contributed by atoms with Gasteiger partial charge in [-0.3, -0.25) is 0 Å². The standard InChI is InChI=1S/C14H19N3O/c1-17-8-7-14(11(9-15)10-17)16-12-3-5-13(18-2)6-4-12/h3-6,9,15-16H,7-8,10H2,1-2H3. The summed E-state index contributed by atoms with van der Waals surface area (Å²) in [4.78, 5) is 2.22. The van der Waals surface area contributed by atoms with Gasteiger partial charge in [0.15, 0.2) is 0 Å². The smallest absolute Gasteiger partial charge is 0.119 e. The van der Waals surface area contributed by atoms with Gasteiger partial charge in [0.1, 0.15) is 5.75 Å². The summed E-state index contributed by atoms with van der Waals surface area (Å²) < 4.78 is 5.13. The van der Waals surface area contributed by atoms with Crippen LogP contribution in [-0.2, 0) is 0 Å². The van der Waals surface area contributed by atoms with Crippen LogP contribution in [0.3, 0.4) is 0 Å². The second-order valence-corrected chi connectivity index (χ2v) is 4.49. The number of ether oxygens (including phenoxy) is 1. The Morgan fingerprint density at radius 2 is 2.06 bits per heavy atom. The summed E-state index contributed by atoms with van der Waals surface area (Å²) in [5, 5.41) is 10.9. The molecule has 18 heavy (non-hydrogen) atoms. The molecule has 1 aliphatic heterocycles. The summed E-state index contributed by atoms with van der Waals surface area (Å²) in [7, 11) is 3.74. The Hall–Kier alpha value is -1.81. The van der Waals surface area contributed by atoms with Gasteiger partial charge in [0.2, 0.25) is 0 Å². The van der Waals surface area contributed by atoms with E-state index < -0.39 is 0 Å². The Bertz CT molecular complexity index is 451. The normalized spacial score (nSPS) is 16.6. The number of anilines is 1. The van der Waals surface area contributed by atoms with Crippen molar-refractivity contribution in [2.45, 2.75) is 6.42 Å². The molecule has 0 bridgehead atoms. The molecule has 1 aromatic carbocycles. The lowest BCUT2D eigenvalue weighted by Gasteiger charge is -2.26. The highest BCUT2D eigenvalue weighted by Gasteiger charge is 2.14. The van der Waals surface area contributed by atoms with E-state index in [-0.39, 0.29) is 0 Å². The molecule has 4 nitrogen and oxygen atoms in total. The van der Waals surface area contributed by atoms with Crippen molar-refractivity contribution in [2.75, 3.05) is 32.6 Å². The first kappa shape index (κ1) is 12.6. The topological polar surface area (TPSA) is 48.4 Å². The molecule has 1 heterocycles. The van der Waals surface area contributed by atoms with E-state index in [9.17, 15) is 0 Å². The van der Waals surface area contributed by atoms with Crippen LogP contribution in [0.5, 0.6) is 5.75 Å². The molecular weight excluding hydrogens is 226 g/mol. The van der Waals surface area contributed by atoms with Crippen molar-refractivity contribution in [3.63, 3.8) is 0 Å². The molecule has 2 N–H and O–H groups in total. The number of hydrogen-bond acceptors (Lipinski definition) is 4. The van der Waals surface area contributed by atoms with Gasteiger partial charge in [0, 0.05) is 42.7 Å². The molecule has 0 radical (unpaired) electrons. The fourth-order valence-electron chi connectivity index (χ4n) is 2.05. The zero-order chi connectivity index (χ0) is 13.0. The van der Waals surface area contributed by atoms with Crippen LogP contribution in [0.2, 0.25) is 0 Å². The summed E-state index contributed by atoms with van der Waals surface area (Å²) in [6.07, 6.45) is 2.40. The van der Waals surface area contributed by atoms with Crippen LogP contribution in [0.4, 0.5) is 5.69 Å². The number of nitrogens with one attached hydrogen (secondary N) is 2. The maximum Gasteiger partial charge on any atom is 0.119 e. The van der Waals surface area contributed by atoms with Crippen LogP contribution in [0.25, 0.3) is 0 Å². The van der Waals surface area contributed by atoms with Crippen molar-refractivity contribution >= 4 is 11.9 Å². The van der Waals surface area contributed by atoms with Crippen molar-refractivity contribution in [3.8, 4) is 5.75 Å². The number of likely N-dealkylation sites (N-methyl/N-ethyl adjacent to an activating group) is 1. The molecule has 0 atom stereocenters. The summed E-state index contributed by atoms with van der Waals surface area (Å²) in [6.45, 7) is 1.86. The van der Waals surface area contributed by atoms with E-state index >= 15 is 0 Å². The summed E-state index contributed by atoms with van der Waals surface area (Å²) in [5.41, 5.74) is 3.24. The van der Waals surface area contributed by atoms with Crippen LogP contribution in [0.15, 0.2) is 35.5 Å². The van der Waals surface area contributed by atoms with E-state index in [2.05, 4.69) is 17.3 Å². The van der Waals surface area contributed by atoms with E-state index in [4.69, 9.17) is 10.1 Å². The minimum atomic E-state index is 0.835. The highest BCUT2D eigenvalue weighted by Crippen LogP contribution is 2.21. The van der Waals surface area contributed by atoms with Gasteiger partial charge in [-0.25, -0.2) is 0 Å². The monoisotopic (exact) mass is 245 g/mol. The lowest BCUT2D eigenvalue weighted by Crippen LogP contribution is -2.30.